The van der Waals surface area contributed by atoms with Crippen molar-refractivity contribution >= 4 is 68.4 Å². The summed E-state index contributed by atoms with van der Waals surface area (Å²) in [6.45, 7) is 3.52. The van der Waals surface area contributed by atoms with E-state index in [9.17, 15) is 29.4 Å². The molecule has 6 unspecified atom stereocenters. The maximum Gasteiger partial charge on any atom is 0.305 e. The molecule has 0 radical (unpaired) electrons. The van der Waals surface area contributed by atoms with Gasteiger partial charge in [0.05, 0.1) is 41.6 Å². The number of rotatable bonds is 7. The van der Waals surface area contributed by atoms with Crippen LogP contribution in [0.4, 0.5) is 5.82 Å². The number of fused-ring (bicyclic) bond motifs is 5. The minimum absolute atomic E-state index is 0.0466. The smallest absolute Gasteiger partial charge is 0.305 e. The van der Waals surface area contributed by atoms with Gasteiger partial charge in [-0.15, -0.1) is 11.3 Å². The molecule has 4 heterocycles. The fourth-order valence-electron chi connectivity index (χ4n) is 9.22. The number of hydrogen-bond acceptors (Lipinski definition) is 9. The Kier molecular flexibility index (Phi) is 7.88. The van der Waals surface area contributed by atoms with Crippen LogP contribution in [0.5, 0.6) is 11.5 Å². The van der Waals surface area contributed by atoms with Crippen molar-refractivity contribution in [1.29, 1.82) is 0 Å². The van der Waals surface area contributed by atoms with E-state index in [0.29, 0.717) is 27.8 Å². The number of allylic oxidation sites excluding steroid dienone is 2. The van der Waals surface area contributed by atoms with Crippen LogP contribution in [-0.4, -0.2) is 68.1 Å². The van der Waals surface area contributed by atoms with E-state index in [4.69, 9.17) is 21.4 Å². The Hall–Kier alpha value is -5.01. The number of carbonyl (C=O) groups is 5. The second-order valence-corrected chi connectivity index (χ2v) is 15.8. The van der Waals surface area contributed by atoms with Gasteiger partial charge in [0, 0.05) is 46.9 Å². The minimum Gasteiger partial charge on any atom is -0.508 e. The van der Waals surface area contributed by atoms with Crippen molar-refractivity contribution in [2.24, 2.45) is 36.1 Å². The number of aliphatic carboxylic acids is 1. The summed E-state index contributed by atoms with van der Waals surface area (Å²) in [7, 11) is 3.14. The Bertz CT molecular complexity index is 2290. The summed E-state index contributed by atoms with van der Waals surface area (Å²) in [6.07, 6.45) is 1.89. The Morgan fingerprint density at radius 3 is 2.58 bits per heavy atom. The lowest BCUT2D eigenvalue weighted by molar-refractivity contribution is -0.142. The average Bonchev–Trinajstić information content (AvgIpc) is 3.77. The summed E-state index contributed by atoms with van der Waals surface area (Å²) >= 11 is 7.83. The van der Waals surface area contributed by atoms with Gasteiger partial charge in [0.25, 0.3) is 0 Å². The van der Waals surface area contributed by atoms with Gasteiger partial charge in [0.2, 0.25) is 23.6 Å². The van der Waals surface area contributed by atoms with Gasteiger partial charge in [-0.1, -0.05) is 29.3 Å². The molecule has 12 nitrogen and oxygen atoms in total. The van der Waals surface area contributed by atoms with E-state index in [0.717, 1.165) is 31.0 Å². The number of thiophene rings is 1. The number of carboxylic acids is 1. The van der Waals surface area contributed by atoms with Gasteiger partial charge in [-0.2, -0.15) is 5.10 Å². The number of hydrogen-bond donors (Lipinski definition) is 2. The molecule has 2 aromatic carbocycles. The third kappa shape index (κ3) is 4.78. The number of aromatic hydroxyl groups is 1. The number of halogens is 1. The highest BCUT2D eigenvalue weighted by Gasteiger charge is 2.68. The molecule has 6 atom stereocenters. The Morgan fingerprint density at radius 1 is 1.08 bits per heavy atom. The molecule has 268 valence electrons. The number of methoxy groups -OCH3 is 1. The average molecular weight is 743 g/mol. The highest BCUT2D eigenvalue weighted by atomic mass is 35.5. The fourth-order valence-corrected chi connectivity index (χ4v) is 10.5. The maximum atomic E-state index is 15.0. The summed E-state index contributed by atoms with van der Waals surface area (Å²) in [5.74, 6) is -6.07. The van der Waals surface area contributed by atoms with Crippen LogP contribution in [0.1, 0.15) is 43.2 Å². The van der Waals surface area contributed by atoms with E-state index in [2.05, 4.69) is 0 Å². The minimum atomic E-state index is -1.35. The lowest BCUT2D eigenvalue weighted by Crippen LogP contribution is -2.49. The number of phenolic OH excluding ortho intramolecular Hbond substituents is 1. The zero-order valence-electron chi connectivity index (χ0n) is 28.8. The molecule has 4 amide bonds. The largest absolute Gasteiger partial charge is 0.508 e. The number of aryl methyl sites for hydroxylation is 2. The van der Waals surface area contributed by atoms with Crippen molar-refractivity contribution < 1.29 is 38.9 Å². The van der Waals surface area contributed by atoms with E-state index >= 15 is 4.79 Å². The zero-order valence-corrected chi connectivity index (χ0v) is 30.3. The number of aromatic nitrogens is 2. The number of benzene rings is 2. The molecule has 2 N–H and O–H groups in total. The highest BCUT2D eigenvalue weighted by Crippen LogP contribution is 2.64. The molecule has 4 aromatic rings. The van der Waals surface area contributed by atoms with Crippen LogP contribution in [0.15, 0.2) is 54.1 Å². The first-order chi connectivity index (χ1) is 24.8. The number of carboxylic acid groups (broad SMARTS) is 1. The Labute approximate surface area is 307 Å². The first-order valence-electron chi connectivity index (χ1n) is 17.0. The molecule has 4 aliphatic rings. The second-order valence-electron chi connectivity index (χ2n) is 14.3. The van der Waals surface area contributed by atoms with Gasteiger partial charge in [-0.05, 0) is 67.8 Å². The Morgan fingerprint density at radius 2 is 1.85 bits per heavy atom. The second kappa shape index (κ2) is 12.0. The first-order valence-corrected chi connectivity index (χ1v) is 18.2. The number of anilines is 1. The van der Waals surface area contributed by atoms with Crippen LogP contribution < -0.4 is 9.64 Å². The van der Waals surface area contributed by atoms with E-state index < -0.39 is 64.6 Å². The molecule has 2 aliphatic carbocycles. The summed E-state index contributed by atoms with van der Waals surface area (Å²) in [5, 5.41) is 26.0. The van der Waals surface area contributed by atoms with Gasteiger partial charge in [-0.25, -0.2) is 4.90 Å². The Balaban J connectivity index is 1.24. The van der Waals surface area contributed by atoms with Crippen LogP contribution in [0.25, 0.3) is 20.7 Å². The van der Waals surface area contributed by atoms with Gasteiger partial charge in [-0.3, -0.25) is 33.6 Å². The predicted octanol–water partition coefficient (Wildman–Crippen LogP) is 5.68. The number of nitrogens with zero attached hydrogens (tertiary/aromatic N) is 4. The molecule has 0 spiro atoms. The van der Waals surface area contributed by atoms with Crippen LogP contribution >= 0.6 is 22.9 Å². The van der Waals surface area contributed by atoms with Crippen molar-refractivity contribution in [3.63, 3.8) is 0 Å². The topological polar surface area (TPSA) is 159 Å². The van der Waals surface area contributed by atoms with Crippen molar-refractivity contribution in [3.8, 4) is 22.1 Å². The third-order valence-corrected chi connectivity index (χ3v) is 13.2. The first kappa shape index (κ1) is 34.1. The number of imide groups is 2. The summed E-state index contributed by atoms with van der Waals surface area (Å²) < 4.78 is 8.29. The molecular weight excluding hydrogens is 708 g/mol. The van der Waals surface area contributed by atoms with Crippen molar-refractivity contribution in [3.05, 3.63) is 70.3 Å². The number of amides is 4. The molecule has 2 saturated heterocycles. The van der Waals surface area contributed by atoms with Gasteiger partial charge >= 0.3 is 5.97 Å². The normalized spacial score (nSPS) is 26.9. The summed E-state index contributed by atoms with van der Waals surface area (Å²) in [4.78, 5) is 71.8. The van der Waals surface area contributed by atoms with Crippen LogP contribution in [-0.2, 0) is 31.0 Å². The zero-order chi connectivity index (χ0) is 37.0. The van der Waals surface area contributed by atoms with Gasteiger partial charge in [0.15, 0.2) is 0 Å². The quantitative estimate of drug-likeness (QED) is 0.179. The summed E-state index contributed by atoms with van der Waals surface area (Å²) in [6, 6.07) is 12.1. The van der Waals surface area contributed by atoms with E-state index in [1.165, 1.54) is 28.8 Å². The third-order valence-electron chi connectivity index (χ3n) is 11.7. The molecule has 14 heteroatoms. The van der Waals surface area contributed by atoms with Gasteiger partial charge < -0.3 is 14.9 Å². The van der Waals surface area contributed by atoms with Crippen molar-refractivity contribution in [1.82, 2.24) is 14.7 Å². The molecule has 3 fully saturated rings. The summed E-state index contributed by atoms with van der Waals surface area (Å²) in [5.41, 5.74) is 1.54. The molecule has 0 bridgehead atoms. The number of ether oxygens (including phenoxy) is 1. The predicted molar refractivity (Wildman–Crippen MR) is 192 cm³/mol. The lowest BCUT2D eigenvalue weighted by atomic mass is 9.51. The molecule has 2 aliphatic heterocycles. The van der Waals surface area contributed by atoms with Crippen LogP contribution in [0.3, 0.4) is 0 Å². The molecule has 2 aromatic heterocycles. The number of phenols is 1. The monoisotopic (exact) mass is 742 g/mol. The van der Waals surface area contributed by atoms with E-state index in [1.54, 1.807) is 37.4 Å². The molecule has 52 heavy (non-hydrogen) atoms. The van der Waals surface area contributed by atoms with Crippen LogP contribution in [0.2, 0.25) is 5.02 Å². The van der Waals surface area contributed by atoms with Crippen molar-refractivity contribution in [2.45, 2.75) is 39.0 Å². The maximum absolute atomic E-state index is 15.0. The van der Waals surface area contributed by atoms with Crippen molar-refractivity contribution in [2.75, 3.05) is 18.6 Å². The SMILES string of the molecule is COc1cc(O)ccc1C1C2=CCC3C(=O)N(CCC(=O)O)C(=O)C3C2CC2C(=O)N(c3cc(-c4sc5ccc(Cl)cc5c4C)nn3C)C(=O)C21C. The van der Waals surface area contributed by atoms with E-state index in [-0.39, 0.29) is 31.6 Å². The lowest BCUT2D eigenvalue weighted by Gasteiger charge is -2.49. The van der Waals surface area contributed by atoms with E-state index in [1.807, 2.05) is 31.2 Å². The molecule has 1 saturated carbocycles. The number of carbonyl (C=O) groups excluding carboxylic acids is 4. The fraction of sp³-hybridized carbons (Fsp3) is 0.368. The molecular formula is C38H35ClN4O8S. The van der Waals surface area contributed by atoms with Gasteiger partial charge in [0.1, 0.15) is 23.0 Å². The van der Waals surface area contributed by atoms with Crippen LogP contribution in [0, 0.1) is 36.0 Å². The highest BCUT2D eigenvalue weighted by molar-refractivity contribution is 7.22. The molecule has 8 rings (SSSR count). The number of likely N-dealkylation sites (tertiary alicyclic amines) is 1. The standard InChI is InChI=1S/C38H35ClN4O8S/c1-17-23-13-18(39)5-10-28(23)52-33(17)26-16-29(41(3)40-26)43-35(48)25-15-24-20(8-9-22-31(24)36(49)42(34(22)47)12-11-30(45)46)32(38(25,2)37(43)50)21-7-6-19(44)14-27(21)51-4/h5-8,10,13-14,16,22,24-25,31-32,44H,9,11-12,15H2,1-4H3,(H,45,46).